The number of alkyl halides is 3. The third-order valence-electron chi connectivity index (χ3n) is 1.71. The molecule has 0 spiro atoms. The Kier molecular flexibility index (Phi) is 3.56. The van der Waals surface area contributed by atoms with Crippen molar-refractivity contribution in [3.8, 4) is 5.75 Å². The molecule has 1 N–H and O–H groups in total. The van der Waals surface area contributed by atoms with Crippen LogP contribution in [0.15, 0.2) is 16.9 Å². The highest BCUT2D eigenvalue weighted by Gasteiger charge is 2.42. The van der Waals surface area contributed by atoms with Crippen molar-refractivity contribution in [3.63, 3.8) is 0 Å². The first-order chi connectivity index (χ1) is 6.88. The van der Waals surface area contributed by atoms with E-state index in [9.17, 15) is 13.2 Å². The highest BCUT2D eigenvalue weighted by molar-refractivity contribution is 9.10. The van der Waals surface area contributed by atoms with E-state index in [4.69, 9.17) is 5.11 Å². The van der Waals surface area contributed by atoms with E-state index in [1.807, 2.05) is 0 Å². The second kappa shape index (κ2) is 4.36. The SMILES string of the molecule is COc1cncc(Br)c1[C@@H](O)C(F)(F)F. The van der Waals surface area contributed by atoms with Gasteiger partial charge in [-0.1, -0.05) is 0 Å². The van der Waals surface area contributed by atoms with Gasteiger partial charge in [-0.05, 0) is 15.9 Å². The van der Waals surface area contributed by atoms with Crippen LogP contribution in [0.1, 0.15) is 11.7 Å². The molecule has 1 aromatic heterocycles. The maximum atomic E-state index is 12.3. The van der Waals surface area contributed by atoms with Crippen molar-refractivity contribution in [2.75, 3.05) is 7.11 Å². The molecule has 0 bridgehead atoms. The van der Waals surface area contributed by atoms with E-state index < -0.39 is 12.3 Å². The van der Waals surface area contributed by atoms with Crippen LogP contribution >= 0.6 is 15.9 Å². The molecular formula is C8H7BrF3NO2. The van der Waals surface area contributed by atoms with Crippen molar-refractivity contribution in [1.29, 1.82) is 0 Å². The van der Waals surface area contributed by atoms with Gasteiger partial charge in [0.15, 0.2) is 6.10 Å². The topological polar surface area (TPSA) is 42.4 Å². The Balaban J connectivity index is 3.23. The molecule has 0 aliphatic carbocycles. The summed E-state index contributed by atoms with van der Waals surface area (Å²) in [6.45, 7) is 0. The number of methoxy groups -OCH3 is 1. The van der Waals surface area contributed by atoms with Gasteiger partial charge in [-0.2, -0.15) is 13.2 Å². The number of aliphatic hydroxyl groups is 1. The van der Waals surface area contributed by atoms with Crippen LogP contribution in [0.3, 0.4) is 0 Å². The van der Waals surface area contributed by atoms with Crippen LogP contribution < -0.4 is 4.74 Å². The lowest BCUT2D eigenvalue weighted by Gasteiger charge is -2.18. The summed E-state index contributed by atoms with van der Waals surface area (Å²) in [5.74, 6) is -0.116. The van der Waals surface area contributed by atoms with Gasteiger partial charge in [0.25, 0.3) is 0 Å². The maximum absolute atomic E-state index is 12.3. The van der Waals surface area contributed by atoms with Gasteiger partial charge in [0.2, 0.25) is 0 Å². The summed E-state index contributed by atoms with van der Waals surface area (Å²) < 4.78 is 41.6. The summed E-state index contributed by atoms with van der Waals surface area (Å²) in [4.78, 5) is 3.63. The van der Waals surface area contributed by atoms with Crippen LogP contribution in [0, 0.1) is 0 Å². The molecule has 7 heteroatoms. The number of ether oxygens (including phenoxy) is 1. The van der Waals surface area contributed by atoms with E-state index >= 15 is 0 Å². The van der Waals surface area contributed by atoms with E-state index in [2.05, 4.69) is 25.7 Å². The lowest BCUT2D eigenvalue weighted by molar-refractivity contribution is -0.207. The number of hydrogen-bond donors (Lipinski definition) is 1. The summed E-state index contributed by atoms with van der Waals surface area (Å²) in [5, 5.41) is 9.09. The minimum atomic E-state index is -4.74. The quantitative estimate of drug-likeness (QED) is 0.908. The molecule has 0 aliphatic rings. The van der Waals surface area contributed by atoms with Gasteiger partial charge in [-0.25, -0.2) is 0 Å². The molecule has 0 saturated heterocycles. The fourth-order valence-corrected chi connectivity index (χ4v) is 1.55. The summed E-state index contributed by atoms with van der Waals surface area (Å²) >= 11 is 2.88. The van der Waals surface area contributed by atoms with E-state index in [0.29, 0.717) is 0 Å². The third-order valence-corrected chi connectivity index (χ3v) is 2.34. The van der Waals surface area contributed by atoms with E-state index in [0.717, 1.165) is 12.4 Å². The molecular weight excluding hydrogens is 279 g/mol. The fourth-order valence-electron chi connectivity index (χ4n) is 1.02. The van der Waals surface area contributed by atoms with E-state index in [1.54, 1.807) is 0 Å². The largest absolute Gasteiger partial charge is 0.495 e. The Hall–Kier alpha value is -0.820. The molecule has 0 aromatic carbocycles. The zero-order valence-electron chi connectivity index (χ0n) is 7.55. The van der Waals surface area contributed by atoms with E-state index in [-0.39, 0.29) is 15.8 Å². The van der Waals surface area contributed by atoms with Crippen LogP contribution in [0.25, 0.3) is 0 Å². The lowest BCUT2D eigenvalue weighted by atomic mass is 10.1. The molecule has 1 aromatic rings. The Morgan fingerprint density at radius 1 is 1.47 bits per heavy atom. The average Bonchev–Trinajstić information content (AvgIpc) is 2.15. The Bertz CT molecular complexity index is 356. The van der Waals surface area contributed by atoms with Gasteiger partial charge in [0.05, 0.1) is 13.3 Å². The number of pyridine rings is 1. The molecule has 0 radical (unpaired) electrons. The smallest absolute Gasteiger partial charge is 0.418 e. The van der Waals surface area contributed by atoms with Crippen LogP contribution in [-0.4, -0.2) is 23.4 Å². The molecule has 0 amide bonds. The summed E-state index contributed by atoms with van der Waals surface area (Å²) in [6, 6.07) is 0. The molecule has 15 heavy (non-hydrogen) atoms. The zero-order chi connectivity index (χ0) is 11.6. The molecule has 0 saturated carbocycles. The molecule has 0 fully saturated rings. The molecule has 0 aliphatic heterocycles. The minimum Gasteiger partial charge on any atom is -0.495 e. The monoisotopic (exact) mass is 285 g/mol. The van der Waals surface area contributed by atoms with Gasteiger partial charge >= 0.3 is 6.18 Å². The third kappa shape index (κ3) is 2.60. The summed E-state index contributed by atoms with van der Waals surface area (Å²) in [5.41, 5.74) is -0.375. The molecule has 1 rings (SSSR count). The Morgan fingerprint density at radius 3 is 2.53 bits per heavy atom. The van der Waals surface area contributed by atoms with Gasteiger partial charge < -0.3 is 9.84 Å². The Labute approximate surface area is 92.0 Å². The summed E-state index contributed by atoms with van der Waals surface area (Å²) in [7, 11) is 1.20. The number of nitrogens with zero attached hydrogens (tertiary/aromatic N) is 1. The van der Waals surface area contributed by atoms with Crippen molar-refractivity contribution in [2.24, 2.45) is 0 Å². The predicted molar refractivity (Wildman–Crippen MR) is 49.5 cm³/mol. The molecule has 1 heterocycles. The lowest BCUT2D eigenvalue weighted by Crippen LogP contribution is -2.21. The first kappa shape index (κ1) is 12.3. The van der Waals surface area contributed by atoms with E-state index in [1.165, 1.54) is 7.11 Å². The van der Waals surface area contributed by atoms with Crippen molar-refractivity contribution in [3.05, 3.63) is 22.4 Å². The van der Waals surface area contributed by atoms with Crippen molar-refractivity contribution in [1.82, 2.24) is 4.98 Å². The van der Waals surface area contributed by atoms with Crippen LogP contribution in [0.2, 0.25) is 0 Å². The van der Waals surface area contributed by atoms with Crippen LogP contribution in [0.4, 0.5) is 13.2 Å². The molecule has 0 unspecified atom stereocenters. The second-order valence-electron chi connectivity index (χ2n) is 2.68. The highest BCUT2D eigenvalue weighted by Crippen LogP contribution is 2.40. The van der Waals surface area contributed by atoms with Gasteiger partial charge in [-0.3, -0.25) is 4.98 Å². The highest BCUT2D eigenvalue weighted by atomic mass is 79.9. The number of aliphatic hydroxyl groups excluding tert-OH is 1. The number of aromatic nitrogens is 1. The number of halogens is 4. The number of rotatable bonds is 2. The summed E-state index contributed by atoms with van der Waals surface area (Å²) in [6.07, 6.45) is -5.07. The van der Waals surface area contributed by atoms with Gasteiger partial charge in [0.1, 0.15) is 5.75 Å². The predicted octanol–water partition coefficient (Wildman–Crippen LogP) is 2.45. The minimum absolute atomic E-state index is 0.0478. The molecule has 1 atom stereocenters. The maximum Gasteiger partial charge on any atom is 0.418 e. The zero-order valence-corrected chi connectivity index (χ0v) is 9.13. The molecule has 3 nitrogen and oxygen atoms in total. The van der Waals surface area contributed by atoms with Gasteiger partial charge in [-0.15, -0.1) is 0 Å². The van der Waals surface area contributed by atoms with Crippen molar-refractivity contribution < 1.29 is 23.0 Å². The molecule has 84 valence electrons. The van der Waals surface area contributed by atoms with Crippen molar-refractivity contribution in [2.45, 2.75) is 12.3 Å². The fraction of sp³-hybridized carbons (Fsp3) is 0.375. The number of hydrogen-bond acceptors (Lipinski definition) is 3. The average molecular weight is 286 g/mol. The van der Waals surface area contributed by atoms with Crippen molar-refractivity contribution >= 4 is 15.9 Å². The standard InChI is InChI=1S/C8H7BrF3NO2/c1-15-5-3-13-2-4(9)6(5)7(14)8(10,11)12/h2-3,7,14H,1H3/t7-/m1/s1. The second-order valence-corrected chi connectivity index (χ2v) is 3.54. The Morgan fingerprint density at radius 2 is 2.07 bits per heavy atom. The first-order valence-corrected chi connectivity index (χ1v) is 4.59. The van der Waals surface area contributed by atoms with Crippen LogP contribution in [-0.2, 0) is 0 Å². The van der Waals surface area contributed by atoms with Crippen LogP contribution in [0.5, 0.6) is 5.75 Å². The van der Waals surface area contributed by atoms with Gasteiger partial charge in [0, 0.05) is 16.2 Å². The normalized spacial score (nSPS) is 13.7. The first-order valence-electron chi connectivity index (χ1n) is 3.80.